The molecular formula is C15H24FN3. The van der Waals surface area contributed by atoms with Gasteiger partial charge in [0.25, 0.3) is 0 Å². The summed E-state index contributed by atoms with van der Waals surface area (Å²) in [6.45, 7) is 8.47. The molecule has 0 bridgehead atoms. The summed E-state index contributed by atoms with van der Waals surface area (Å²) in [6.07, 6.45) is 5.46. The third-order valence-corrected chi connectivity index (χ3v) is 4.03. The molecule has 1 saturated heterocycles. The Morgan fingerprint density at radius 1 is 1.42 bits per heavy atom. The Balaban J connectivity index is 1.80. The fraction of sp³-hybridized carbons (Fsp3) is 0.667. The molecular weight excluding hydrogens is 241 g/mol. The molecule has 4 heteroatoms. The number of rotatable bonds is 5. The van der Waals surface area contributed by atoms with Crippen molar-refractivity contribution in [3.05, 3.63) is 29.8 Å². The summed E-state index contributed by atoms with van der Waals surface area (Å²) in [5.74, 6) is 0.523. The number of aromatic nitrogens is 1. The molecule has 1 aromatic rings. The van der Waals surface area contributed by atoms with E-state index in [2.05, 4.69) is 29.0 Å². The summed E-state index contributed by atoms with van der Waals surface area (Å²) in [5.41, 5.74) is 0.971. The molecule has 0 amide bonds. The molecule has 3 nitrogen and oxygen atoms in total. The molecule has 2 rings (SSSR count). The Morgan fingerprint density at radius 2 is 2.16 bits per heavy atom. The van der Waals surface area contributed by atoms with Crippen LogP contribution in [0.3, 0.4) is 0 Å². The highest BCUT2D eigenvalue weighted by atomic mass is 19.1. The largest absolute Gasteiger partial charge is 0.314 e. The maximum Gasteiger partial charge on any atom is 0.141 e. The van der Waals surface area contributed by atoms with Crippen LogP contribution >= 0.6 is 0 Å². The zero-order chi connectivity index (χ0) is 13.7. The first-order valence-corrected chi connectivity index (χ1v) is 7.24. The Kier molecular flexibility index (Phi) is 5.28. The Hall–Kier alpha value is -1.00. The van der Waals surface area contributed by atoms with E-state index in [0.29, 0.717) is 6.04 Å². The normalized spacial score (nSPS) is 19.5. The molecule has 0 aliphatic carbocycles. The molecule has 0 saturated carbocycles. The molecule has 1 aromatic heterocycles. The van der Waals surface area contributed by atoms with Gasteiger partial charge in [0.1, 0.15) is 5.82 Å². The first kappa shape index (κ1) is 14.4. The lowest BCUT2D eigenvalue weighted by molar-refractivity contribution is 0.157. The van der Waals surface area contributed by atoms with Crippen LogP contribution in [0, 0.1) is 11.7 Å². The molecule has 106 valence electrons. The number of halogens is 1. The van der Waals surface area contributed by atoms with Crippen LogP contribution < -0.4 is 5.32 Å². The third kappa shape index (κ3) is 4.25. The van der Waals surface area contributed by atoms with Crippen molar-refractivity contribution in [3.8, 4) is 0 Å². The van der Waals surface area contributed by atoms with Gasteiger partial charge in [-0.1, -0.05) is 6.92 Å². The van der Waals surface area contributed by atoms with Gasteiger partial charge in [-0.2, -0.15) is 0 Å². The molecule has 1 N–H and O–H groups in total. The Bertz CT molecular complexity index is 389. The summed E-state index contributed by atoms with van der Waals surface area (Å²) >= 11 is 0. The molecule has 0 aromatic carbocycles. The van der Waals surface area contributed by atoms with E-state index in [1.54, 1.807) is 12.3 Å². The Morgan fingerprint density at radius 3 is 2.79 bits per heavy atom. The maximum atomic E-state index is 13.1. The second-order valence-electron chi connectivity index (χ2n) is 5.47. The van der Waals surface area contributed by atoms with E-state index < -0.39 is 0 Å². The SMILES string of the molecule is CCNC(C)C1CCN(Cc2cncc(F)c2)CC1. The Labute approximate surface area is 115 Å². The van der Waals surface area contributed by atoms with E-state index in [1.165, 1.54) is 19.0 Å². The van der Waals surface area contributed by atoms with E-state index in [9.17, 15) is 4.39 Å². The average molecular weight is 265 g/mol. The molecule has 0 radical (unpaired) electrons. The van der Waals surface area contributed by atoms with Crippen molar-refractivity contribution in [2.75, 3.05) is 19.6 Å². The van der Waals surface area contributed by atoms with Crippen molar-refractivity contribution in [1.82, 2.24) is 15.2 Å². The first-order valence-electron chi connectivity index (χ1n) is 7.24. The quantitative estimate of drug-likeness (QED) is 0.886. The number of nitrogens with one attached hydrogen (secondary N) is 1. The van der Waals surface area contributed by atoms with Crippen LogP contribution in [0.25, 0.3) is 0 Å². The molecule has 1 atom stereocenters. The summed E-state index contributed by atoms with van der Waals surface area (Å²) in [7, 11) is 0. The van der Waals surface area contributed by atoms with E-state index in [-0.39, 0.29) is 5.82 Å². The monoisotopic (exact) mass is 265 g/mol. The minimum Gasteiger partial charge on any atom is -0.314 e. The number of likely N-dealkylation sites (tertiary alicyclic amines) is 1. The van der Waals surface area contributed by atoms with Crippen molar-refractivity contribution in [3.63, 3.8) is 0 Å². The van der Waals surface area contributed by atoms with Gasteiger partial charge in [0.2, 0.25) is 0 Å². The fourth-order valence-corrected chi connectivity index (χ4v) is 2.90. The smallest absolute Gasteiger partial charge is 0.141 e. The summed E-state index contributed by atoms with van der Waals surface area (Å²) in [5, 5.41) is 3.51. The fourth-order valence-electron chi connectivity index (χ4n) is 2.90. The molecule has 1 unspecified atom stereocenters. The van der Waals surface area contributed by atoms with Gasteiger partial charge in [-0.15, -0.1) is 0 Å². The third-order valence-electron chi connectivity index (χ3n) is 4.03. The molecule has 1 aliphatic heterocycles. The van der Waals surface area contributed by atoms with Crippen LogP contribution in [0.15, 0.2) is 18.5 Å². The van der Waals surface area contributed by atoms with Crippen LogP contribution in [-0.4, -0.2) is 35.6 Å². The van der Waals surface area contributed by atoms with E-state index in [0.717, 1.165) is 37.7 Å². The standard InChI is InChI=1S/C15H24FN3/c1-3-18-12(2)14-4-6-19(7-5-14)11-13-8-15(16)10-17-9-13/h8-10,12,14,18H,3-7,11H2,1-2H3. The van der Waals surface area contributed by atoms with Gasteiger partial charge < -0.3 is 5.32 Å². The zero-order valence-corrected chi connectivity index (χ0v) is 11.9. The summed E-state index contributed by atoms with van der Waals surface area (Å²) in [4.78, 5) is 6.30. The van der Waals surface area contributed by atoms with Crippen LogP contribution in [0.5, 0.6) is 0 Å². The highest BCUT2D eigenvalue weighted by Gasteiger charge is 2.23. The van der Waals surface area contributed by atoms with Gasteiger partial charge in [0, 0.05) is 18.8 Å². The van der Waals surface area contributed by atoms with Crippen molar-refractivity contribution in [2.24, 2.45) is 5.92 Å². The molecule has 2 heterocycles. The van der Waals surface area contributed by atoms with Crippen LogP contribution in [-0.2, 0) is 6.54 Å². The predicted molar refractivity (Wildman–Crippen MR) is 75.3 cm³/mol. The lowest BCUT2D eigenvalue weighted by atomic mass is 9.90. The lowest BCUT2D eigenvalue weighted by Crippen LogP contribution is -2.41. The number of pyridine rings is 1. The van der Waals surface area contributed by atoms with Crippen LogP contribution in [0.2, 0.25) is 0 Å². The second-order valence-corrected chi connectivity index (χ2v) is 5.47. The highest BCUT2D eigenvalue weighted by Crippen LogP contribution is 2.21. The average Bonchev–Trinajstić information content (AvgIpc) is 2.40. The molecule has 1 fully saturated rings. The maximum absolute atomic E-state index is 13.1. The molecule has 0 spiro atoms. The zero-order valence-electron chi connectivity index (χ0n) is 11.9. The highest BCUT2D eigenvalue weighted by molar-refractivity contribution is 5.10. The molecule has 1 aliphatic rings. The minimum atomic E-state index is -0.242. The number of hydrogen-bond donors (Lipinski definition) is 1. The summed E-state index contributed by atoms with van der Waals surface area (Å²) in [6, 6.07) is 2.18. The number of hydrogen-bond acceptors (Lipinski definition) is 3. The predicted octanol–water partition coefficient (Wildman–Crippen LogP) is 2.43. The number of nitrogens with zero attached hydrogens (tertiary/aromatic N) is 2. The minimum absolute atomic E-state index is 0.242. The van der Waals surface area contributed by atoms with Crippen molar-refractivity contribution in [1.29, 1.82) is 0 Å². The van der Waals surface area contributed by atoms with Crippen molar-refractivity contribution >= 4 is 0 Å². The van der Waals surface area contributed by atoms with E-state index >= 15 is 0 Å². The van der Waals surface area contributed by atoms with Crippen molar-refractivity contribution in [2.45, 2.75) is 39.3 Å². The van der Waals surface area contributed by atoms with Crippen LogP contribution in [0.4, 0.5) is 4.39 Å². The number of piperidine rings is 1. The van der Waals surface area contributed by atoms with E-state index in [1.807, 2.05) is 0 Å². The van der Waals surface area contributed by atoms with Gasteiger partial charge in [0.15, 0.2) is 0 Å². The topological polar surface area (TPSA) is 28.2 Å². The van der Waals surface area contributed by atoms with Gasteiger partial charge in [-0.25, -0.2) is 4.39 Å². The molecule has 19 heavy (non-hydrogen) atoms. The first-order chi connectivity index (χ1) is 9.19. The van der Waals surface area contributed by atoms with Crippen molar-refractivity contribution < 1.29 is 4.39 Å². The van der Waals surface area contributed by atoms with Gasteiger partial charge >= 0.3 is 0 Å². The van der Waals surface area contributed by atoms with E-state index in [4.69, 9.17) is 0 Å². The van der Waals surface area contributed by atoms with Crippen LogP contribution in [0.1, 0.15) is 32.3 Å². The lowest BCUT2D eigenvalue weighted by Gasteiger charge is -2.35. The van der Waals surface area contributed by atoms with Gasteiger partial charge in [0.05, 0.1) is 6.20 Å². The van der Waals surface area contributed by atoms with Gasteiger partial charge in [-0.05, 0) is 56.9 Å². The second kappa shape index (κ2) is 6.96. The van der Waals surface area contributed by atoms with Gasteiger partial charge in [-0.3, -0.25) is 9.88 Å². The summed E-state index contributed by atoms with van der Waals surface area (Å²) < 4.78 is 13.1.